The molecule has 2 rings (SSSR count). The Labute approximate surface area is 121 Å². The lowest BCUT2D eigenvalue weighted by atomic mass is 9.86. The van der Waals surface area contributed by atoms with Crippen LogP contribution in [0.3, 0.4) is 0 Å². The number of rotatable bonds is 5. The van der Waals surface area contributed by atoms with Gasteiger partial charge >= 0.3 is 0 Å². The first-order valence-electron chi connectivity index (χ1n) is 7.23. The summed E-state index contributed by atoms with van der Waals surface area (Å²) >= 11 is 0. The fourth-order valence-corrected chi connectivity index (χ4v) is 2.15. The van der Waals surface area contributed by atoms with Gasteiger partial charge in [0.1, 0.15) is 11.3 Å². The Morgan fingerprint density at radius 3 is 2.40 bits per heavy atom. The second-order valence-electron chi connectivity index (χ2n) is 6.39. The van der Waals surface area contributed by atoms with Crippen molar-refractivity contribution in [3.05, 3.63) is 35.6 Å². The molecule has 0 saturated heterocycles. The molecule has 0 bridgehead atoms. The number of aryl methyl sites for hydroxylation is 1. The topological polar surface area (TPSA) is 45.4 Å². The van der Waals surface area contributed by atoms with Gasteiger partial charge in [-0.3, -0.25) is 0 Å². The third kappa shape index (κ3) is 2.74. The van der Waals surface area contributed by atoms with Crippen molar-refractivity contribution in [1.82, 2.24) is 5.32 Å². The molecule has 0 unspecified atom stereocenters. The maximum atomic E-state index is 10.2. The van der Waals surface area contributed by atoms with Crippen LogP contribution in [-0.2, 0) is 13.0 Å². The molecule has 0 aliphatic carbocycles. The van der Waals surface area contributed by atoms with E-state index in [0.29, 0.717) is 6.54 Å². The lowest BCUT2D eigenvalue weighted by molar-refractivity contribution is -0.00533. The zero-order valence-electron chi connectivity index (χ0n) is 13.1. The van der Waals surface area contributed by atoms with Gasteiger partial charge in [-0.2, -0.15) is 0 Å². The molecule has 0 aliphatic rings. The summed E-state index contributed by atoms with van der Waals surface area (Å²) < 4.78 is 5.90. The van der Waals surface area contributed by atoms with E-state index in [1.165, 1.54) is 5.56 Å². The van der Waals surface area contributed by atoms with Crippen molar-refractivity contribution < 1.29 is 9.52 Å². The molecule has 110 valence electrons. The first-order chi connectivity index (χ1) is 9.26. The fraction of sp³-hybridized carbons (Fsp3) is 0.529. The summed E-state index contributed by atoms with van der Waals surface area (Å²) in [6.45, 7) is 10.5. The van der Waals surface area contributed by atoms with E-state index in [2.05, 4.69) is 18.3 Å². The second kappa shape index (κ2) is 5.23. The maximum absolute atomic E-state index is 10.2. The van der Waals surface area contributed by atoms with Crippen LogP contribution in [-0.4, -0.2) is 16.2 Å². The summed E-state index contributed by atoms with van der Waals surface area (Å²) in [5.41, 5.74) is 0.956. The predicted molar refractivity (Wildman–Crippen MR) is 82.8 cm³/mol. The van der Waals surface area contributed by atoms with Crippen molar-refractivity contribution in [1.29, 1.82) is 0 Å². The molecule has 0 radical (unpaired) electrons. The Balaban J connectivity index is 2.30. The molecule has 0 atom stereocenters. The molecule has 0 fully saturated rings. The Kier molecular flexibility index (Phi) is 3.94. The number of para-hydroxylation sites is 1. The Bertz CT molecular complexity index is 591. The number of aliphatic hydroxyl groups is 1. The first kappa shape index (κ1) is 15.1. The van der Waals surface area contributed by atoms with E-state index in [0.717, 1.165) is 23.2 Å². The Morgan fingerprint density at radius 1 is 1.15 bits per heavy atom. The number of hydrogen-bond acceptors (Lipinski definition) is 3. The standard InChI is InChI=1S/C17H25NO2/c1-6-14-13(11-18-16(2,3)17(4,5)19)12-9-7-8-10-15(12)20-14/h7-10,18-19H,6,11H2,1-5H3. The van der Waals surface area contributed by atoms with Gasteiger partial charge in [-0.1, -0.05) is 25.1 Å². The minimum atomic E-state index is -0.793. The number of hydrogen-bond donors (Lipinski definition) is 2. The molecule has 1 heterocycles. The zero-order chi connectivity index (χ0) is 15.0. The summed E-state index contributed by atoms with van der Waals surface area (Å²) in [6, 6.07) is 8.11. The van der Waals surface area contributed by atoms with Crippen molar-refractivity contribution >= 4 is 11.0 Å². The number of fused-ring (bicyclic) bond motifs is 1. The molecule has 1 aromatic heterocycles. The van der Waals surface area contributed by atoms with E-state index < -0.39 is 5.60 Å². The van der Waals surface area contributed by atoms with Gasteiger partial charge in [0.15, 0.2) is 0 Å². The molecule has 2 N–H and O–H groups in total. The third-order valence-corrected chi connectivity index (χ3v) is 4.34. The molecule has 0 aliphatic heterocycles. The van der Waals surface area contributed by atoms with Gasteiger partial charge in [0.05, 0.1) is 5.60 Å². The minimum absolute atomic E-state index is 0.379. The molecular formula is C17H25NO2. The summed E-state index contributed by atoms with van der Waals surface area (Å²) in [7, 11) is 0. The smallest absolute Gasteiger partial charge is 0.134 e. The highest BCUT2D eigenvalue weighted by atomic mass is 16.3. The minimum Gasteiger partial charge on any atom is -0.461 e. The summed E-state index contributed by atoms with van der Waals surface area (Å²) in [6.07, 6.45) is 0.870. The van der Waals surface area contributed by atoms with Crippen LogP contribution in [0.5, 0.6) is 0 Å². The van der Waals surface area contributed by atoms with Crippen LogP contribution in [0.25, 0.3) is 11.0 Å². The molecule has 2 aromatic rings. The van der Waals surface area contributed by atoms with E-state index in [9.17, 15) is 5.11 Å². The van der Waals surface area contributed by atoms with Crippen molar-refractivity contribution in [3.8, 4) is 0 Å². The SMILES string of the molecule is CCc1oc2ccccc2c1CNC(C)(C)C(C)(C)O. The van der Waals surface area contributed by atoms with Gasteiger partial charge in [0, 0.05) is 29.5 Å². The predicted octanol–water partition coefficient (Wildman–Crippen LogP) is 3.63. The van der Waals surface area contributed by atoms with Gasteiger partial charge in [-0.05, 0) is 33.8 Å². The first-order valence-corrected chi connectivity index (χ1v) is 7.23. The quantitative estimate of drug-likeness (QED) is 0.875. The molecule has 1 aromatic carbocycles. The van der Waals surface area contributed by atoms with Crippen molar-refractivity contribution in [2.24, 2.45) is 0 Å². The monoisotopic (exact) mass is 275 g/mol. The van der Waals surface area contributed by atoms with Crippen molar-refractivity contribution in [3.63, 3.8) is 0 Å². The van der Waals surface area contributed by atoms with Crippen LogP contribution in [0.2, 0.25) is 0 Å². The Hall–Kier alpha value is -1.32. The van der Waals surface area contributed by atoms with Crippen LogP contribution in [0.15, 0.2) is 28.7 Å². The average Bonchev–Trinajstić information content (AvgIpc) is 2.73. The maximum Gasteiger partial charge on any atom is 0.134 e. The molecule has 0 saturated carbocycles. The third-order valence-electron chi connectivity index (χ3n) is 4.34. The van der Waals surface area contributed by atoms with Gasteiger partial charge in [-0.15, -0.1) is 0 Å². The highest BCUT2D eigenvalue weighted by Crippen LogP contribution is 2.28. The molecule has 3 heteroatoms. The van der Waals surface area contributed by atoms with Gasteiger partial charge in [0.25, 0.3) is 0 Å². The molecule has 20 heavy (non-hydrogen) atoms. The van der Waals surface area contributed by atoms with E-state index in [1.54, 1.807) is 0 Å². The van der Waals surface area contributed by atoms with Gasteiger partial charge in [-0.25, -0.2) is 0 Å². The van der Waals surface area contributed by atoms with E-state index in [1.807, 2.05) is 45.9 Å². The lowest BCUT2D eigenvalue weighted by Crippen LogP contribution is -2.55. The number of nitrogens with one attached hydrogen (secondary N) is 1. The van der Waals surface area contributed by atoms with Gasteiger partial charge < -0.3 is 14.8 Å². The molecule has 3 nitrogen and oxygen atoms in total. The van der Waals surface area contributed by atoms with Crippen LogP contribution in [0, 0.1) is 0 Å². The summed E-state index contributed by atoms with van der Waals surface area (Å²) in [4.78, 5) is 0. The molecule has 0 amide bonds. The number of benzene rings is 1. The van der Waals surface area contributed by atoms with Crippen LogP contribution in [0.4, 0.5) is 0 Å². The Morgan fingerprint density at radius 2 is 1.80 bits per heavy atom. The normalized spacial score (nSPS) is 13.1. The second-order valence-corrected chi connectivity index (χ2v) is 6.39. The van der Waals surface area contributed by atoms with E-state index >= 15 is 0 Å². The van der Waals surface area contributed by atoms with Crippen molar-refractivity contribution in [2.45, 2.75) is 58.7 Å². The summed E-state index contributed by atoms with van der Waals surface area (Å²) in [5, 5.41) is 14.8. The van der Waals surface area contributed by atoms with Crippen LogP contribution < -0.4 is 5.32 Å². The molecular weight excluding hydrogens is 250 g/mol. The lowest BCUT2D eigenvalue weighted by Gasteiger charge is -2.38. The van der Waals surface area contributed by atoms with E-state index in [4.69, 9.17) is 4.42 Å². The highest BCUT2D eigenvalue weighted by molar-refractivity contribution is 5.82. The number of furan rings is 1. The van der Waals surface area contributed by atoms with Crippen LogP contribution in [0.1, 0.15) is 45.9 Å². The highest BCUT2D eigenvalue weighted by Gasteiger charge is 2.34. The van der Waals surface area contributed by atoms with E-state index in [-0.39, 0.29) is 5.54 Å². The average molecular weight is 275 g/mol. The zero-order valence-corrected chi connectivity index (χ0v) is 13.1. The largest absolute Gasteiger partial charge is 0.461 e. The van der Waals surface area contributed by atoms with Gasteiger partial charge in [0.2, 0.25) is 0 Å². The van der Waals surface area contributed by atoms with Crippen LogP contribution >= 0.6 is 0 Å². The van der Waals surface area contributed by atoms with Crippen molar-refractivity contribution in [2.75, 3.05) is 0 Å². The molecule has 0 spiro atoms. The summed E-state index contributed by atoms with van der Waals surface area (Å²) in [5.74, 6) is 1.02. The fourth-order valence-electron chi connectivity index (χ4n) is 2.15.